The van der Waals surface area contributed by atoms with Gasteiger partial charge in [-0.15, -0.1) is 0 Å². The van der Waals surface area contributed by atoms with E-state index in [1.165, 1.54) is 0 Å². The number of halogens is 2. The zero-order valence-corrected chi connectivity index (χ0v) is 14.8. The Hall–Kier alpha value is -0.190. The topological polar surface area (TPSA) is 75.3 Å². The molecular formula is C11H14BrIN2O3S. The zero-order chi connectivity index (χ0) is 14.5. The van der Waals surface area contributed by atoms with E-state index in [0.717, 1.165) is 8.04 Å². The maximum absolute atomic E-state index is 11.9. The van der Waals surface area contributed by atoms with Crippen molar-refractivity contribution in [1.82, 2.24) is 10.0 Å². The number of amides is 1. The number of benzene rings is 1. The Labute approximate surface area is 134 Å². The highest BCUT2D eigenvalue weighted by atomic mass is 127. The molecule has 0 fully saturated rings. The van der Waals surface area contributed by atoms with Gasteiger partial charge in [-0.25, -0.2) is 13.1 Å². The molecule has 1 rings (SSSR count). The molecule has 5 nitrogen and oxygen atoms in total. The lowest BCUT2D eigenvalue weighted by molar-refractivity contribution is 0.0955. The molecule has 0 spiro atoms. The lowest BCUT2D eigenvalue weighted by Crippen LogP contribution is -2.34. The first kappa shape index (κ1) is 16.9. The molecule has 0 bridgehead atoms. The van der Waals surface area contributed by atoms with Crippen LogP contribution < -0.4 is 10.0 Å². The van der Waals surface area contributed by atoms with Crippen LogP contribution in [0.3, 0.4) is 0 Å². The van der Waals surface area contributed by atoms with Crippen molar-refractivity contribution in [2.75, 3.05) is 18.8 Å². The highest BCUT2D eigenvalue weighted by Crippen LogP contribution is 2.18. The maximum atomic E-state index is 11.9. The van der Waals surface area contributed by atoms with Crippen LogP contribution in [0, 0.1) is 3.57 Å². The number of rotatable bonds is 6. The highest BCUT2D eigenvalue weighted by molar-refractivity contribution is 14.1. The molecule has 0 unspecified atom stereocenters. The van der Waals surface area contributed by atoms with Gasteiger partial charge in [-0.05, 0) is 40.8 Å². The predicted molar refractivity (Wildman–Crippen MR) is 86.7 cm³/mol. The lowest BCUT2D eigenvalue weighted by Gasteiger charge is -2.08. The van der Waals surface area contributed by atoms with Crippen LogP contribution in [0.4, 0.5) is 0 Å². The van der Waals surface area contributed by atoms with Gasteiger partial charge in [0.05, 0.1) is 11.3 Å². The summed E-state index contributed by atoms with van der Waals surface area (Å²) < 4.78 is 26.8. The minimum absolute atomic E-state index is 0.0801. The second-order valence-electron chi connectivity index (χ2n) is 3.70. The van der Waals surface area contributed by atoms with E-state index in [1.54, 1.807) is 13.0 Å². The van der Waals surface area contributed by atoms with Crippen molar-refractivity contribution < 1.29 is 13.2 Å². The summed E-state index contributed by atoms with van der Waals surface area (Å²) in [5, 5.41) is 2.60. The van der Waals surface area contributed by atoms with Crippen LogP contribution in [0.15, 0.2) is 22.7 Å². The SMILES string of the molecule is CCNS(=O)(=O)CCNC(=O)c1cc(Br)ccc1I. The second-order valence-corrected chi connectivity index (χ2v) is 7.70. The Morgan fingerprint density at radius 3 is 2.74 bits per heavy atom. The van der Waals surface area contributed by atoms with Crippen LogP contribution in [0.2, 0.25) is 0 Å². The number of carbonyl (C=O) groups is 1. The molecule has 0 aliphatic heterocycles. The Morgan fingerprint density at radius 2 is 2.11 bits per heavy atom. The average molecular weight is 461 g/mol. The van der Waals surface area contributed by atoms with Crippen LogP contribution in [0.5, 0.6) is 0 Å². The number of nitrogens with one attached hydrogen (secondary N) is 2. The molecule has 1 aromatic carbocycles. The van der Waals surface area contributed by atoms with Crippen LogP contribution in [-0.4, -0.2) is 33.2 Å². The largest absolute Gasteiger partial charge is 0.351 e. The molecule has 106 valence electrons. The predicted octanol–water partition coefficient (Wildman–Crippen LogP) is 1.72. The monoisotopic (exact) mass is 460 g/mol. The quantitative estimate of drug-likeness (QED) is 0.634. The van der Waals surface area contributed by atoms with Gasteiger partial charge in [-0.2, -0.15) is 0 Å². The van der Waals surface area contributed by atoms with E-state index in [9.17, 15) is 13.2 Å². The summed E-state index contributed by atoms with van der Waals surface area (Å²) in [6, 6.07) is 5.36. The Bertz CT molecular complexity index is 563. The molecule has 0 heterocycles. The van der Waals surface area contributed by atoms with E-state index in [-0.39, 0.29) is 18.2 Å². The zero-order valence-electron chi connectivity index (χ0n) is 10.2. The molecule has 0 saturated heterocycles. The summed E-state index contributed by atoms with van der Waals surface area (Å²) in [6.45, 7) is 2.14. The van der Waals surface area contributed by atoms with Gasteiger partial charge >= 0.3 is 0 Å². The molecule has 0 radical (unpaired) electrons. The average Bonchev–Trinajstić information content (AvgIpc) is 2.31. The minimum atomic E-state index is -3.30. The van der Waals surface area contributed by atoms with Gasteiger partial charge in [0.25, 0.3) is 5.91 Å². The van der Waals surface area contributed by atoms with E-state index in [2.05, 4.69) is 48.6 Å². The minimum Gasteiger partial charge on any atom is -0.351 e. The first-order chi connectivity index (χ1) is 8.85. The molecule has 0 atom stereocenters. The summed E-state index contributed by atoms with van der Waals surface area (Å²) in [7, 11) is -3.30. The molecule has 0 aliphatic rings. The molecule has 2 N–H and O–H groups in total. The summed E-state index contributed by atoms with van der Waals surface area (Å²) in [6.07, 6.45) is 0. The van der Waals surface area contributed by atoms with Crippen molar-refractivity contribution in [2.45, 2.75) is 6.92 Å². The van der Waals surface area contributed by atoms with Crippen LogP contribution >= 0.6 is 38.5 Å². The molecule has 19 heavy (non-hydrogen) atoms. The maximum Gasteiger partial charge on any atom is 0.252 e. The van der Waals surface area contributed by atoms with Crippen LogP contribution in [0.25, 0.3) is 0 Å². The first-order valence-corrected chi connectivity index (χ1v) is 9.08. The lowest BCUT2D eigenvalue weighted by atomic mass is 10.2. The third-order valence-electron chi connectivity index (χ3n) is 2.19. The molecule has 1 amide bonds. The standard InChI is InChI=1S/C11H14BrIN2O3S/c1-2-15-19(17,18)6-5-14-11(16)9-7-8(12)3-4-10(9)13/h3-4,7,15H,2,5-6H2,1H3,(H,14,16). The van der Waals surface area contributed by atoms with E-state index < -0.39 is 10.0 Å². The van der Waals surface area contributed by atoms with Crippen molar-refractivity contribution in [3.8, 4) is 0 Å². The Balaban J connectivity index is 2.59. The van der Waals surface area contributed by atoms with Gasteiger partial charge in [0.15, 0.2) is 0 Å². The molecule has 0 aliphatic carbocycles. The molecular weight excluding hydrogens is 447 g/mol. The summed E-state index contributed by atoms with van der Waals surface area (Å²) in [4.78, 5) is 11.9. The van der Waals surface area contributed by atoms with Gasteiger partial charge in [0.2, 0.25) is 10.0 Å². The van der Waals surface area contributed by atoms with E-state index in [0.29, 0.717) is 12.1 Å². The molecule has 8 heteroatoms. The summed E-state index contributed by atoms with van der Waals surface area (Å²) in [5.74, 6) is -0.408. The normalized spacial score (nSPS) is 11.3. The number of hydrogen-bond donors (Lipinski definition) is 2. The fraction of sp³-hybridized carbons (Fsp3) is 0.364. The summed E-state index contributed by atoms with van der Waals surface area (Å²) >= 11 is 5.36. The fourth-order valence-corrected chi connectivity index (χ4v) is 3.25. The number of carbonyl (C=O) groups excluding carboxylic acids is 1. The van der Waals surface area contributed by atoms with Crippen molar-refractivity contribution in [1.29, 1.82) is 0 Å². The Kier molecular flexibility index (Phi) is 6.71. The molecule has 0 aromatic heterocycles. The van der Waals surface area contributed by atoms with Crippen molar-refractivity contribution in [2.24, 2.45) is 0 Å². The number of hydrogen-bond acceptors (Lipinski definition) is 3. The third-order valence-corrected chi connectivity index (χ3v) is 5.10. The van der Waals surface area contributed by atoms with E-state index >= 15 is 0 Å². The van der Waals surface area contributed by atoms with E-state index in [4.69, 9.17) is 0 Å². The van der Waals surface area contributed by atoms with Gasteiger partial charge in [-0.3, -0.25) is 4.79 Å². The van der Waals surface area contributed by atoms with Gasteiger partial charge in [0, 0.05) is 21.1 Å². The summed E-state index contributed by atoms with van der Waals surface area (Å²) in [5.41, 5.74) is 0.524. The van der Waals surface area contributed by atoms with Crippen molar-refractivity contribution in [3.05, 3.63) is 31.8 Å². The highest BCUT2D eigenvalue weighted by Gasteiger charge is 2.12. The third kappa shape index (κ3) is 5.76. The van der Waals surface area contributed by atoms with Crippen LogP contribution in [0.1, 0.15) is 17.3 Å². The van der Waals surface area contributed by atoms with Gasteiger partial charge in [0.1, 0.15) is 0 Å². The second kappa shape index (κ2) is 7.55. The van der Waals surface area contributed by atoms with Gasteiger partial charge < -0.3 is 5.32 Å². The van der Waals surface area contributed by atoms with Gasteiger partial charge in [-0.1, -0.05) is 22.9 Å². The van der Waals surface area contributed by atoms with E-state index in [1.807, 2.05) is 12.1 Å². The van der Waals surface area contributed by atoms with Crippen molar-refractivity contribution >= 4 is 54.5 Å². The van der Waals surface area contributed by atoms with Crippen molar-refractivity contribution in [3.63, 3.8) is 0 Å². The smallest absolute Gasteiger partial charge is 0.252 e. The van der Waals surface area contributed by atoms with Crippen LogP contribution in [-0.2, 0) is 10.0 Å². The fourth-order valence-electron chi connectivity index (χ4n) is 1.36. The Morgan fingerprint density at radius 1 is 1.42 bits per heavy atom. The molecule has 1 aromatic rings. The molecule has 0 saturated carbocycles. The first-order valence-electron chi connectivity index (χ1n) is 5.56. The number of sulfonamides is 1.